The van der Waals surface area contributed by atoms with E-state index in [1.807, 2.05) is 0 Å². The molecule has 0 N–H and O–H groups in total. The van der Waals surface area contributed by atoms with Gasteiger partial charge in [0, 0.05) is 18.0 Å². The standard InChI is InChI=1S/C16H17F2N/c1-4-6-7-14-15(17)10-13(11-16(14)18)12(3)8-9-19-5-2/h4-5,8-11H,1,3,6-7H2,2H3/b9-8-,19-5?. The SMILES string of the molecule is C=CCCc1c(F)cc(C(=C)/C=C\N=CC)cc1F. The summed E-state index contributed by atoms with van der Waals surface area (Å²) in [5, 5.41) is 0. The average Bonchev–Trinajstić information content (AvgIpc) is 2.38. The first-order valence-electron chi connectivity index (χ1n) is 6.02. The van der Waals surface area contributed by atoms with Crippen LogP contribution in [0.25, 0.3) is 5.57 Å². The summed E-state index contributed by atoms with van der Waals surface area (Å²) in [4.78, 5) is 3.88. The van der Waals surface area contributed by atoms with Crippen molar-refractivity contribution < 1.29 is 8.78 Å². The van der Waals surface area contributed by atoms with E-state index < -0.39 is 11.6 Å². The Morgan fingerprint density at radius 3 is 2.47 bits per heavy atom. The number of allylic oxidation sites excluding steroid dienone is 3. The van der Waals surface area contributed by atoms with E-state index in [0.717, 1.165) is 0 Å². The molecule has 0 aliphatic carbocycles. The van der Waals surface area contributed by atoms with E-state index >= 15 is 0 Å². The van der Waals surface area contributed by atoms with Crippen molar-refractivity contribution >= 4 is 11.8 Å². The number of nitrogens with zero attached hydrogens (tertiary/aromatic N) is 1. The topological polar surface area (TPSA) is 12.4 Å². The summed E-state index contributed by atoms with van der Waals surface area (Å²) in [5.74, 6) is -1.10. The fraction of sp³-hybridized carbons (Fsp3) is 0.188. The summed E-state index contributed by atoms with van der Waals surface area (Å²) in [7, 11) is 0. The van der Waals surface area contributed by atoms with Crippen molar-refractivity contribution in [3.63, 3.8) is 0 Å². The van der Waals surface area contributed by atoms with Crippen molar-refractivity contribution in [3.05, 3.63) is 66.4 Å². The van der Waals surface area contributed by atoms with Gasteiger partial charge in [-0.2, -0.15) is 0 Å². The smallest absolute Gasteiger partial charge is 0.129 e. The van der Waals surface area contributed by atoms with E-state index in [9.17, 15) is 8.78 Å². The van der Waals surface area contributed by atoms with Gasteiger partial charge in [0.15, 0.2) is 0 Å². The molecule has 0 heterocycles. The van der Waals surface area contributed by atoms with Crippen LogP contribution in [0.4, 0.5) is 8.78 Å². The predicted octanol–water partition coefficient (Wildman–Crippen LogP) is 4.70. The maximum absolute atomic E-state index is 13.8. The molecule has 1 nitrogen and oxygen atoms in total. The molecule has 0 aliphatic rings. The van der Waals surface area contributed by atoms with E-state index in [1.54, 1.807) is 25.3 Å². The zero-order valence-electron chi connectivity index (χ0n) is 11.0. The van der Waals surface area contributed by atoms with Gasteiger partial charge < -0.3 is 0 Å². The molecule has 0 aliphatic heterocycles. The first kappa shape index (κ1) is 15.0. The Morgan fingerprint density at radius 2 is 1.95 bits per heavy atom. The number of benzene rings is 1. The molecule has 0 bridgehead atoms. The van der Waals surface area contributed by atoms with Crippen LogP contribution in [0.5, 0.6) is 0 Å². The Hall–Kier alpha value is -2.03. The highest BCUT2D eigenvalue weighted by molar-refractivity contribution is 5.72. The van der Waals surface area contributed by atoms with Crippen molar-refractivity contribution in [3.8, 4) is 0 Å². The molecule has 0 saturated carbocycles. The van der Waals surface area contributed by atoms with Gasteiger partial charge in [0.2, 0.25) is 0 Å². The van der Waals surface area contributed by atoms with Gasteiger partial charge >= 0.3 is 0 Å². The Labute approximate surface area is 112 Å². The van der Waals surface area contributed by atoms with Gasteiger partial charge in [0.1, 0.15) is 11.6 Å². The molecule has 0 aromatic heterocycles. The molecule has 1 rings (SSSR count). The summed E-state index contributed by atoms with van der Waals surface area (Å²) in [5.41, 5.74) is 1.02. The highest BCUT2D eigenvalue weighted by Crippen LogP contribution is 2.22. The Balaban J connectivity index is 3.00. The first-order valence-corrected chi connectivity index (χ1v) is 6.02. The zero-order valence-corrected chi connectivity index (χ0v) is 11.0. The predicted molar refractivity (Wildman–Crippen MR) is 77.2 cm³/mol. The van der Waals surface area contributed by atoms with Crippen LogP contribution >= 0.6 is 0 Å². The molecule has 0 atom stereocenters. The van der Waals surface area contributed by atoms with Gasteiger partial charge in [-0.1, -0.05) is 12.7 Å². The van der Waals surface area contributed by atoms with Gasteiger partial charge in [-0.05, 0) is 49.1 Å². The Bertz CT molecular complexity index is 505. The van der Waals surface area contributed by atoms with Crippen molar-refractivity contribution in [2.45, 2.75) is 19.8 Å². The fourth-order valence-electron chi connectivity index (χ4n) is 1.59. The minimum Gasteiger partial charge on any atom is -0.269 e. The molecule has 0 spiro atoms. The normalized spacial score (nSPS) is 11.3. The summed E-state index contributed by atoms with van der Waals surface area (Å²) < 4.78 is 27.6. The minimum atomic E-state index is -0.551. The molecule has 0 fully saturated rings. The molecule has 0 unspecified atom stereocenters. The molecule has 0 amide bonds. The first-order chi connectivity index (χ1) is 9.10. The lowest BCUT2D eigenvalue weighted by Crippen LogP contribution is -1.97. The Morgan fingerprint density at radius 1 is 1.32 bits per heavy atom. The summed E-state index contributed by atoms with van der Waals surface area (Å²) in [6.45, 7) is 9.08. The maximum Gasteiger partial charge on any atom is 0.129 e. The van der Waals surface area contributed by atoms with E-state index in [0.29, 0.717) is 24.0 Å². The lowest BCUT2D eigenvalue weighted by Gasteiger charge is -2.07. The van der Waals surface area contributed by atoms with Crippen molar-refractivity contribution in [1.82, 2.24) is 0 Å². The van der Waals surface area contributed by atoms with E-state index in [2.05, 4.69) is 18.2 Å². The van der Waals surface area contributed by atoms with Crippen LogP contribution in [0.2, 0.25) is 0 Å². The fourth-order valence-corrected chi connectivity index (χ4v) is 1.59. The molecule has 19 heavy (non-hydrogen) atoms. The molecule has 0 radical (unpaired) electrons. The van der Waals surface area contributed by atoms with Gasteiger partial charge in [-0.25, -0.2) is 8.78 Å². The van der Waals surface area contributed by atoms with Gasteiger partial charge in [0.05, 0.1) is 0 Å². The van der Waals surface area contributed by atoms with Crippen molar-refractivity contribution in [2.75, 3.05) is 0 Å². The third-order valence-electron chi connectivity index (χ3n) is 2.62. The van der Waals surface area contributed by atoms with Crippen LogP contribution in [0, 0.1) is 11.6 Å². The summed E-state index contributed by atoms with van der Waals surface area (Å²) >= 11 is 0. The van der Waals surface area contributed by atoms with Crippen LogP contribution in [-0.4, -0.2) is 6.21 Å². The molecule has 3 heteroatoms. The second-order valence-electron chi connectivity index (χ2n) is 3.99. The molecule has 1 aromatic carbocycles. The highest BCUT2D eigenvalue weighted by Gasteiger charge is 2.11. The van der Waals surface area contributed by atoms with Crippen LogP contribution in [0.15, 0.2) is 48.6 Å². The Kier molecular flexibility index (Phi) is 5.86. The van der Waals surface area contributed by atoms with E-state index in [-0.39, 0.29) is 5.56 Å². The highest BCUT2D eigenvalue weighted by atomic mass is 19.1. The quantitative estimate of drug-likeness (QED) is 0.400. The van der Waals surface area contributed by atoms with Crippen LogP contribution < -0.4 is 0 Å². The molecule has 100 valence electrons. The van der Waals surface area contributed by atoms with E-state index in [1.165, 1.54) is 18.3 Å². The second kappa shape index (κ2) is 7.41. The monoisotopic (exact) mass is 261 g/mol. The summed E-state index contributed by atoms with van der Waals surface area (Å²) in [6, 6.07) is 2.59. The van der Waals surface area contributed by atoms with Crippen LogP contribution in [-0.2, 0) is 6.42 Å². The molecule has 0 saturated heterocycles. The molecule has 1 aromatic rings. The summed E-state index contributed by atoms with van der Waals surface area (Å²) in [6.07, 6.45) is 7.24. The number of rotatable bonds is 6. The van der Waals surface area contributed by atoms with Crippen LogP contribution in [0.3, 0.4) is 0 Å². The number of hydrogen-bond donors (Lipinski definition) is 0. The minimum absolute atomic E-state index is 0.0898. The third kappa shape index (κ3) is 4.28. The maximum atomic E-state index is 13.8. The lowest BCUT2D eigenvalue weighted by atomic mass is 10.0. The molecular weight excluding hydrogens is 244 g/mol. The van der Waals surface area contributed by atoms with Crippen molar-refractivity contribution in [2.24, 2.45) is 4.99 Å². The van der Waals surface area contributed by atoms with Crippen molar-refractivity contribution in [1.29, 1.82) is 0 Å². The number of hydrogen-bond acceptors (Lipinski definition) is 1. The average molecular weight is 261 g/mol. The van der Waals surface area contributed by atoms with Gasteiger partial charge in [-0.3, -0.25) is 4.99 Å². The van der Waals surface area contributed by atoms with Gasteiger partial charge in [-0.15, -0.1) is 6.58 Å². The number of halogens is 2. The lowest BCUT2D eigenvalue weighted by molar-refractivity contribution is 0.555. The zero-order chi connectivity index (χ0) is 14.3. The third-order valence-corrected chi connectivity index (χ3v) is 2.62. The van der Waals surface area contributed by atoms with Gasteiger partial charge in [0.25, 0.3) is 0 Å². The second-order valence-corrected chi connectivity index (χ2v) is 3.99. The van der Waals surface area contributed by atoms with Crippen LogP contribution in [0.1, 0.15) is 24.5 Å². The molecular formula is C16H17F2N. The number of aliphatic imine (C=N–C) groups is 1. The largest absolute Gasteiger partial charge is 0.269 e. The van der Waals surface area contributed by atoms with E-state index in [4.69, 9.17) is 0 Å².